The van der Waals surface area contributed by atoms with Crippen molar-refractivity contribution in [1.82, 2.24) is 4.98 Å². The molecule has 0 N–H and O–H groups in total. The summed E-state index contributed by atoms with van der Waals surface area (Å²) in [5.74, 6) is 0. The lowest BCUT2D eigenvalue weighted by Crippen LogP contribution is -2.23. The summed E-state index contributed by atoms with van der Waals surface area (Å²) in [7, 11) is 0. The number of ether oxygens (including phenoxy) is 7. The Morgan fingerprint density at radius 3 is 2.09 bits per heavy atom. The molecule has 34 heavy (non-hydrogen) atoms. The zero-order valence-corrected chi connectivity index (χ0v) is 21.7. The van der Waals surface area contributed by atoms with Gasteiger partial charge in [0, 0.05) is 11.9 Å². The molecule has 0 saturated carbocycles. The molecule has 1 aromatic rings. The first kappa shape index (κ1) is 29.4. The van der Waals surface area contributed by atoms with Crippen molar-refractivity contribution >= 4 is 28.4 Å². The molecule has 1 aromatic heterocycles. The van der Waals surface area contributed by atoms with E-state index in [1.54, 1.807) is 0 Å². The molecule has 0 aromatic carbocycles. The molecule has 2 rings (SSSR count). The fraction of sp³-hybridized carbons (Fsp3) is 0.750. The average Bonchev–Trinajstić information content (AvgIpc) is 2.85. The van der Waals surface area contributed by atoms with Crippen LogP contribution in [-0.2, 0) is 39.6 Å². The number of thioether (sulfide) groups is 1. The van der Waals surface area contributed by atoms with E-state index in [1.165, 1.54) is 11.8 Å². The normalized spacial score (nSPS) is 20.2. The van der Waals surface area contributed by atoms with Crippen LogP contribution in [0.1, 0.15) is 31.4 Å². The van der Waals surface area contributed by atoms with Crippen molar-refractivity contribution in [1.29, 1.82) is 0 Å². The van der Waals surface area contributed by atoms with E-state index < -0.39 is 0 Å². The highest BCUT2D eigenvalue weighted by molar-refractivity contribution is 8.22. The molecule has 1 saturated heterocycles. The Hall–Kier alpha value is -0.850. The Labute approximate surface area is 213 Å². The first-order valence-electron chi connectivity index (χ1n) is 12.1. The summed E-state index contributed by atoms with van der Waals surface area (Å²) in [6, 6.07) is 6.05. The summed E-state index contributed by atoms with van der Waals surface area (Å²) in [5.41, 5.74) is 0.894. The molecule has 10 heteroatoms. The zero-order chi connectivity index (χ0) is 23.9. The number of rotatable bonds is 8. The molecule has 194 valence electrons. The van der Waals surface area contributed by atoms with Gasteiger partial charge in [-0.05, 0) is 55.4 Å². The third kappa shape index (κ3) is 16.7. The number of pyridine rings is 1. The van der Waals surface area contributed by atoms with E-state index in [0.29, 0.717) is 83.7 Å². The van der Waals surface area contributed by atoms with Crippen molar-refractivity contribution < 1.29 is 33.2 Å². The molecule has 0 bridgehead atoms. The van der Waals surface area contributed by atoms with E-state index in [0.717, 1.165) is 37.8 Å². The van der Waals surface area contributed by atoms with Gasteiger partial charge in [0.05, 0.1) is 79.3 Å². The van der Waals surface area contributed by atoms with E-state index in [1.807, 2.05) is 18.3 Å². The average molecular weight is 518 g/mol. The Kier molecular flexibility index (Phi) is 18.5. The van der Waals surface area contributed by atoms with Crippen LogP contribution in [0.4, 0.5) is 0 Å². The maximum absolute atomic E-state index is 5.90. The SMILES string of the molecule is S=C(OCCCCCCc1ccccn1)SC1COCCOCCOCCOCCOCCO1. The second-order valence-electron chi connectivity index (χ2n) is 7.53. The maximum atomic E-state index is 5.90. The molecule has 0 spiro atoms. The fourth-order valence-electron chi connectivity index (χ4n) is 3.02. The van der Waals surface area contributed by atoms with Gasteiger partial charge in [-0.15, -0.1) is 0 Å². The molecule has 0 aliphatic carbocycles. The largest absolute Gasteiger partial charge is 0.479 e. The van der Waals surface area contributed by atoms with Gasteiger partial charge in [-0.1, -0.05) is 18.9 Å². The van der Waals surface area contributed by atoms with Gasteiger partial charge < -0.3 is 33.2 Å². The van der Waals surface area contributed by atoms with Crippen LogP contribution < -0.4 is 0 Å². The smallest absolute Gasteiger partial charge is 0.222 e. The summed E-state index contributed by atoms with van der Waals surface area (Å²) < 4.78 is 39.7. The van der Waals surface area contributed by atoms with Crippen LogP contribution >= 0.6 is 24.0 Å². The lowest BCUT2D eigenvalue weighted by Gasteiger charge is -2.18. The molecule has 1 atom stereocenters. The van der Waals surface area contributed by atoms with Crippen molar-refractivity contribution in [3.05, 3.63) is 30.1 Å². The highest BCUT2D eigenvalue weighted by Crippen LogP contribution is 2.17. The van der Waals surface area contributed by atoms with Gasteiger partial charge in [-0.25, -0.2) is 0 Å². The van der Waals surface area contributed by atoms with Crippen LogP contribution in [-0.4, -0.2) is 94.1 Å². The predicted molar refractivity (Wildman–Crippen MR) is 136 cm³/mol. The number of hydrogen-bond acceptors (Lipinski definition) is 10. The minimum atomic E-state index is -0.257. The van der Waals surface area contributed by atoms with Crippen LogP contribution in [0.25, 0.3) is 0 Å². The van der Waals surface area contributed by atoms with Crippen molar-refractivity contribution in [2.75, 3.05) is 79.3 Å². The van der Waals surface area contributed by atoms with Crippen molar-refractivity contribution in [2.24, 2.45) is 0 Å². The predicted octanol–water partition coefficient (Wildman–Crippen LogP) is 3.66. The zero-order valence-electron chi connectivity index (χ0n) is 20.0. The van der Waals surface area contributed by atoms with E-state index in [-0.39, 0.29) is 5.44 Å². The van der Waals surface area contributed by atoms with Crippen LogP contribution in [0.2, 0.25) is 0 Å². The number of aromatic nitrogens is 1. The minimum Gasteiger partial charge on any atom is -0.479 e. The molecule has 1 aliphatic rings. The molecular weight excluding hydrogens is 478 g/mol. The standard InChI is InChI=1S/C24H39NO7S2/c33-24(32-10-6-2-1-3-7-22-8-4-5-9-25-22)34-23-21-30-18-17-28-14-13-26-11-12-27-15-16-29-19-20-31-23/h4-5,8-9,23H,1-3,6-7,10-21H2. The van der Waals surface area contributed by atoms with E-state index in [2.05, 4.69) is 11.1 Å². The van der Waals surface area contributed by atoms with Gasteiger partial charge in [0.15, 0.2) is 0 Å². The lowest BCUT2D eigenvalue weighted by molar-refractivity contribution is -0.0394. The third-order valence-electron chi connectivity index (χ3n) is 4.77. The van der Waals surface area contributed by atoms with Crippen molar-refractivity contribution in [3.8, 4) is 0 Å². The Morgan fingerprint density at radius 1 is 0.824 bits per heavy atom. The number of thiocarbonyl (C=S) groups is 1. The Balaban J connectivity index is 1.56. The second kappa shape index (κ2) is 21.4. The molecular formula is C24H39NO7S2. The monoisotopic (exact) mass is 517 g/mol. The van der Waals surface area contributed by atoms with Crippen LogP contribution in [0.15, 0.2) is 24.4 Å². The molecule has 1 unspecified atom stereocenters. The molecule has 1 aliphatic heterocycles. The van der Waals surface area contributed by atoms with Crippen molar-refractivity contribution in [2.45, 2.75) is 37.5 Å². The highest BCUT2D eigenvalue weighted by atomic mass is 32.2. The lowest BCUT2D eigenvalue weighted by atomic mass is 10.1. The van der Waals surface area contributed by atoms with Gasteiger partial charge in [-0.3, -0.25) is 4.98 Å². The maximum Gasteiger partial charge on any atom is 0.222 e. The van der Waals surface area contributed by atoms with Gasteiger partial charge in [0.2, 0.25) is 4.38 Å². The topological polar surface area (TPSA) is 77.5 Å². The van der Waals surface area contributed by atoms with Gasteiger partial charge >= 0.3 is 0 Å². The van der Waals surface area contributed by atoms with Crippen LogP contribution in [0.3, 0.4) is 0 Å². The number of hydrogen-bond donors (Lipinski definition) is 0. The summed E-state index contributed by atoms with van der Waals surface area (Å²) in [6.45, 7) is 6.12. The minimum absolute atomic E-state index is 0.257. The molecule has 2 heterocycles. The van der Waals surface area contributed by atoms with E-state index >= 15 is 0 Å². The first-order valence-corrected chi connectivity index (χ1v) is 13.4. The summed E-state index contributed by atoms with van der Waals surface area (Å²) in [5, 5.41) is 0. The van der Waals surface area contributed by atoms with E-state index in [4.69, 9.17) is 45.4 Å². The second-order valence-corrected chi connectivity index (χ2v) is 9.29. The summed E-state index contributed by atoms with van der Waals surface area (Å²) in [4.78, 5) is 4.36. The summed E-state index contributed by atoms with van der Waals surface area (Å²) >= 11 is 6.77. The Morgan fingerprint density at radius 2 is 1.44 bits per heavy atom. The van der Waals surface area contributed by atoms with Crippen molar-refractivity contribution in [3.63, 3.8) is 0 Å². The number of aryl methyl sites for hydroxylation is 1. The van der Waals surface area contributed by atoms with E-state index in [9.17, 15) is 0 Å². The molecule has 1 fully saturated rings. The van der Waals surface area contributed by atoms with Crippen LogP contribution in [0.5, 0.6) is 0 Å². The fourth-order valence-corrected chi connectivity index (χ4v) is 4.12. The van der Waals surface area contributed by atoms with Gasteiger partial charge in [0.1, 0.15) is 5.44 Å². The summed E-state index contributed by atoms with van der Waals surface area (Å²) in [6.07, 6.45) is 7.23. The molecule has 0 radical (unpaired) electrons. The first-order chi connectivity index (χ1) is 16.8. The molecule has 0 amide bonds. The number of unbranched alkanes of at least 4 members (excludes halogenated alkanes) is 3. The molecule has 8 nitrogen and oxygen atoms in total. The quantitative estimate of drug-likeness (QED) is 0.377. The number of nitrogens with zero attached hydrogens (tertiary/aromatic N) is 1. The Bertz CT molecular complexity index is 594. The third-order valence-corrected chi connectivity index (χ3v) is 6.03. The van der Waals surface area contributed by atoms with Gasteiger partial charge in [-0.2, -0.15) is 0 Å². The highest BCUT2D eigenvalue weighted by Gasteiger charge is 2.15. The van der Waals surface area contributed by atoms with Crippen LogP contribution in [0, 0.1) is 0 Å². The van der Waals surface area contributed by atoms with Gasteiger partial charge in [0.25, 0.3) is 0 Å².